The molecule has 0 atom stereocenters. The van der Waals surface area contributed by atoms with Gasteiger partial charge in [0.1, 0.15) is 0 Å². The van der Waals surface area contributed by atoms with E-state index >= 15 is 0 Å². The molecular formula is C7H5NaO4S. The predicted octanol–water partition coefficient (Wildman–Crippen LogP) is -4.32. The van der Waals surface area contributed by atoms with Crippen molar-refractivity contribution in [2.24, 2.45) is 0 Å². The first-order valence-corrected chi connectivity index (χ1v) is 4.22. The van der Waals surface area contributed by atoms with Crippen LogP contribution in [0.25, 0.3) is 0 Å². The molecule has 0 saturated carbocycles. The molecule has 0 aliphatic heterocycles. The zero-order valence-electron chi connectivity index (χ0n) is 6.98. The molecule has 0 aromatic carbocycles. The molecule has 0 amide bonds. The van der Waals surface area contributed by atoms with Crippen LogP contribution >= 0.6 is 0 Å². The van der Waals surface area contributed by atoms with E-state index in [4.69, 9.17) is 0 Å². The maximum absolute atomic E-state index is 10.4. The third kappa shape index (κ3) is 3.48. The van der Waals surface area contributed by atoms with Crippen LogP contribution in [-0.2, 0) is 15.1 Å². The zero-order valence-corrected chi connectivity index (χ0v) is 9.80. The summed E-state index contributed by atoms with van der Waals surface area (Å²) in [6.07, 6.45) is 3.97. The number of hydrogen-bond acceptors (Lipinski definition) is 4. The molecule has 13 heavy (non-hydrogen) atoms. The minimum Gasteiger partial charge on any atom is -0.545 e. The van der Waals surface area contributed by atoms with Gasteiger partial charge >= 0.3 is 29.6 Å². The molecule has 64 valence electrons. The Bertz CT molecular complexity index is 394. The zero-order chi connectivity index (χ0) is 9.14. The van der Waals surface area contributed by atoms with Gasteiger partial charge in [-0.05, 0) is 11.6 Å². The second-order valence-corrected chi connectivity index (χ2v) is 3.21. The van der Waals surface area contributed by atoms with Crippen molar-refractivity contribution in [1.29, 1.82) is 0 Å². The fourth-order valence-corrected chi connectivity index (χ4v) is 1.29. The van der Waals surface area contributed by atoms with Crippen molar-refractivity contribution in [3.8, 4) is 0 Å². The summed E-state index contributed by atoms with van der Waals surface area (Å²) < 4.78 is 20.8. The van der Waals surface area contributed by atoms with E-state index < -0.39 is 16.3 Å². The molecule has 1 rings (SSSR count). The van der Waals surface area contributed by atoms with E-state index in [0.717, 1.165) is 0 Å². The van der Waals surface area contributed by atoms with E-state index in [2.05, 4.69) is 0 Å². The van der Waals surface area contributed by atoms with Gasteiger partial charge in [0.25, 0.3) is 0 Å². The molecule has 4 nitrogen and oxygen atoms in total. The smallest absolute Gasteiger partial charge is 0.545 e. The third-order valence-corrected chi connectivity index (χ3v) is 2.13. The van der Waals surface area contributed by atoms with Gasteiger partial charge in [-0.25, -0.2) is 0 Å². The summed E-state index contributed by atoms with van der Waals surface area (Å²) in [6, 6.07) is 0. The molecule has 0 heterocycles. The summed E-state index contributed by atoms with van der Waals surface area (Å²) >= 11 is 0. The first kappa shape index (κ1) is 12.6. The summed E-state index contributed by atoms with van der Waals surface area (Å²) in [5, 5.41) is 10.3. The number of carbonyl (C=O) groups excluding carboxylic acids is 1. The Morgan fingerprint density at radius 1 is 1.46 bits per heavy atom. The van der Waals surface area contributed by atoms with Crippen molar-refractivity contribution in [1.82, 2.24) is 0 Å². The van der Waals surface area contributed by atoms with Gasteiger partial charge in [-0.2, -0.15) is 8.42 Å². The number of carboxylic acids is 1. The van der Waals surface area contributed by atoms with Crippen molar-refractivity contribution in [2.75, 3.05) is 0 Å². The van der Waals surface area contributed by atoms with Gasteiger partial charge in [-0.15, -0.1) is 0 Å². The van der Waals surface area contributed by atoms with E-state index in [9.17, 15) is 18.3 Å². The fourth-order valence-electron chi connectivity index (χ4n) is 0.832. The topological polar surface area (TPSA) is 74.3 Å². The van der Waals surface area contributed by atoms with Crippen molar-refractivity contribution >= 4 is 21.1 Å². The van der Waals surface area contributed by atoms with Crippen molar-refractivity contribution in [3.05, 3.63) is 23.8 Å². The number of carboxylic acid groups (broad SMARTS) is 1. The molecule has 1 aliphatic rings. The van der Waals surface area contributed by atoms with Gasteiger partial charge in [-0.1, -0.05) is 12.2 Å². The molecule has 0 N–H and O–H groups in total. The molecular weight excluding hydrogens is 203 g/mol. The number of carbonyl (C=O) groups is 1. The Morgan fingerprint density at radius 3 is 2.54 bits per heavy atom. The van der Waals surface area contributed by atoms with Gasteiger partial charge in [0.15, 0.2) is 0 Å². The van der Waals surface area contributed by atoms with Crippen LogP contribution in [0.5, 0.6) is 0 Å². The van der Waals surface area contributed by atoms with Crippen molar-refractivity contribution in [2.45, 2.75) is 6.42 Å². The van der Waals surface area contributed by atoms with Gasteiger partial charge in [0.05, 0.1) is 10.8 Å². The van der Waals surface area contributed by atoms with Gasteiger partial charge in [0, 0.05) is 6.42 Å². The number of allylic oxidation sites excluding steroid dienone is 3. The number of rotatable bonds is 1. The standard InChI is InChI=1S/C7H6O4S.Na/c8-7(9)5-2-1-3-6(4-5)12(10)11;/h1-3H,4H2,(H,8,9);/q;+1/p-1. The van der Waals surface area contributed by atoms with Crippen LogP contribution in [0, 0.1) is 0 Å². The first-order chi connectivity index (χ1) is 5.61. The van der Waals surface area contributed by atoms with E-state index in [1.165, 1.54) is 18.2 Å². The van der Waals surface area contributed by atoms with E-state index in [0.29, 0.717) is 0 Å². The molecule has 0 fully saturated rings. The number of hydrogen-bond donors (Lipinski definition) is 0. The van der Waals surface area contributed by atoms with Gasteiger partial charge < -0.3 is 9.90 Å². The molecule has 0 unspecified atom stereocenters. The SMILES string of the molecule is O=C([O-])C1=CC=CC(=S(=O)=O)C1.[Na+]. The summed E-state index contributed by atoms with van der Waals surface area (Å²) in [5.41, 5.74) is -0.0169. The summed E-state index contributed by atoms with van der Waals surface area (Å²) in [4.78, 5) is 10.4. The normalized spacial score (nSPS) is 14.5. The molecule has 0 bridgehead atoms. The Labute approximate surface area is 98.8 Å². The van der Waals surface area contributed by atoms with E-state index in [1.54, 1.807) is 0 Å². The Kier molecular flexibility index (Phi) is 5.24. The minimum atomic E-state index is -2.34. The summed E-state index contributed by atoms with van der Waals surface area (Å²) in [6.45, 7) is 0. The van der Waals surface area contributed by atoms with Gasteiger partial charge in [-0.3, -0.25) is 0 Å². The third-order valence-electron chi connectivity index (χ3n) is 1.42. The second kappa shape index (κ2) is 5.39. The van der Waals surface area contributed by atoms with Crippen molar-refractivity contribution in [3.63, 3.8) is 0 Å². The van der Waals surface area contributed by atoms with Crippen LogP contribution < -0.4 is 34.7 Å². The second-order valence-electron chi connectivity index (χ2n) is 2.22. The monoisotopic (exact) mass is 208 g/mol. The average molecular weight is 208 g/mol. The Morgan fingerprint density at radius 2 is 2.08 bits per heavy atom. The number of aliphatic carboxylic acids is 1. The molecule has 0 saturated heterocycles. The molecule has 0 aromatic rings. The van der Waals surface area contributed by atoms with Crippen LogP contribution in [0.15, 0.2) is 23.8 Å². The van der Waals surface area contributed by atoms with Crippen LogP contribution in [0.1, 0.15) is 6.42 Å². The molecule has 6 heteroatoms. The van der Waals surface area contributed by atoms with Crippen LogP contribution in [0.2, 0.25) is 0 Å². The largest absolute Gasteiger partial charge is 1.00 e. The van der Waals surface area contributed by atoms with Gasteiger partial charge in [0.2, 0.25) is 10.3 Å². The molecule has 1 aliphatic carbocycles. The van der Waals surface area contributed by atoms with Crippen LogP contribution in [0.4, 0.5) is 0 Å². The summed E-state index contributed by atoms with van der Waals surface area (Å²) in [7, 11) is -2.34. The maximum atomic E-state index is 10.4. The summed E-state index contributed by atoms with van der Waals surface area (Å²) in [5.74, 6) is -1.33. The molecule has 0 aromatic heterocycles. The van der Waals surface area contributed by atoms with E-state index in [-0.39, 0.29) is 46.4 Å². The quantitative estimate of drug-likeness (QED) is 0.322. The van der Waals surface area contributed by atoms with E-state index in [1.807, 2.05) is 0 Å². The van der Waals surface area contributed by atoms with Crippen LogP contribution in [0.3, 0.4) is 0 Å². The minimum absolute atomic E-state index is 0. The fraction of sp³-hybridized carbons (Fsp3) is 0.143. The first-order valence-electron chi connectivity index (χ1n) is 3.15. The predicted molar refractivity (Wildman–Crippen MR) is 40.8 cm³/mol. The average Bonchev–Trinajstić information content (AvgIpc) is 2.04. The Hall–Kier alpha value is -0.360. The Balaban J connectivity index is 0.00000144. The molecule has 0 radical (unpaired) electrons. The van der Waals surface area contributed by atoms with Crippen LogP contribution in [-0.4, -0.2) is 19.3 Å². The molecule has 0 spiro atoms. The van der Waals surface area contributed by atoms with Crippen molar-refractivity contribution < 1.29 is 47.9 Å². The maximum Gasteiger partial charge on any atom is 1.00 e.